The molecule has 0 aliphatic heterocycles. The highest BCUT2D eigenvalue weighted by Gasteiger charge is 2.52. The van der Waals surface area contributed by atoms with Crippen molar-refractivity contribution in [1.29, 1.82) is 0 Å². The Bertz CT molecular complexity index is 1020. The third-order valence-electron chi connectivity index (χ3n) is 6.12. The first-order valence-corrected chi connectivity index (χ1v) is 10.8. The van der Waals surface area contributed by atoms with E-state index in [1.807, 2.05) is 18.2 Å². The number of esters is 1. The van der Waals surface area contributed by atoms with Crippen molar-refractivity contribution in [3.63, 3.8) is 0 Å². The lowest BCUT2D eigenvalue weighted by atomic mass is 9.65. The summed E-state index contributed by atoms with van der Waals surface area (Å²) in [5, 5.41) is 4.10. The van der Waals surface area contributed by atoms with Crippen LogP contribution in [0.25, 0.3) is 6.08 Å². The van der Waals surface area contributed by atoms with Gasteiger partial charge in [-0.25, -0.2) is 9.18 Å². The lowest BCUT2D eigenvalue weighted by Crippen LogP contribution is -2.52. The number of carbonyl (C=O) groups is 1. The Morgan fingerprint density at radius 2 is 1.90 bits per heavy atom. The Morgan fingerprint density at radius 3 is 2.55 bits per heavy atom. The molecule has 1 saturated carbocycles. The summed E-state index contributed by atoms with van der Waals surface area (Å²) in [6.07, 6.45) is 4.35. The number of carbonyl (C=O) groups excluding carboxylic acids is 1. The van der Waals surface area contributed by atoms with E-state index in [2.05, 4.69) is 21.2 Å². The first kappa shape index (κ1) is 20.7. The smallest absolute Gasteiger partial charge is 0.331 e. The molecule has 0 amide bonds. The number of nitrogens with one attached hydrogen (secondary N) is 1. The van der Waals surface area contributed by atoms with E-state index in [9.17, 15) is 9.18 Å². The van der Waals surface area contributed by atoms with E-state index < -0.39 is 11.4 Å². The molecule has 4 rings (SSSR count). The van der Waals surface area contributed by atoms with Crippen LogP contribution in [0.15, 0.2) is 40.9 Å². The molecule has 0 atom stereocenters. The zero-order valence-corrected chi connectivity index (χ0v) is 18.8. The van der Waals surface area contributed by atoms with E-state index in [0.29, 0.717) is 36.3 Å². The maximum atomic E-state index is 13.9. The van der Waals surface area contributed by atoms with Gasteiger partial charge in [0.1, 0.15) is 11.4 Å². The third-order valence-corrected chi connectivity index (χ3v) is 7.73. The lowest BCUT2D eigenvalue weighted by Gasteiger charge is -2.45. The largest absolute Gasteiger partial charge is 0.467 e. The van der Waals surface area contributed by atoms with Crippen LogP contribution in [-0.4, -0.2) is 18.6 Å². The fourth-order valence-electron chi connectivity index (χ4n) is 4.55. The van der Waals surface area contributed by atoms with Gasteiger partial charge in [0.05, 0.1) is 12.1 Å². The van der Waals surface area contributed by atoms with Gasteiger partial charge in [-0.05, 0) is 61.6 Å². The number of anilines is 1. The molecule has 0 radical (unpaired) electrons. The van der Waals surface area contributed by atoms with Crippen molar-refractivity contribution in [2.45, 2.75) is 36.6 Å². The summed E-state index contributed by atoms with van der Waals surface area (Å²) in [5.41, 5.74) is 1.30. The average Bonchev–Trinajstić information content (AvgIpc) is 2.98. The minimum absolute atomic E-state index is 0.137. The van der Waals surface area contributed by atoms with Gasteiger partial charge >= 0.3 is 5.97 Å². The normalized spacial score (nSPS) is 25.5. The summed E-state index contributed by atoms with van der Waals surface area (Å²) in [4.78, 5) is 12.8. The molecule has 3 nitrogen and oxygen atoms in total. The van der Waals surface area contributed by atoms with Gasteiger partial charge in [0.15, 0.2) is 0 Å². The predicted octanol–water partition coefficient (Wildman–Crippen LogP) is 6.72. The van der Waals surface area contributed by atoms with E-state index in [4.69, 9.17) is 27.9 Å². The maximum Gasteiger partial charge on any atom is 0.331 e. The molecule has 152 valence electrons. The van der Waals surface area contributed by atoms with Crippen LogP contribution in [0, 0.1) is 5.82 Å². The van der Waals surface area contributed by atoms with Gasteiger partial charge in [-0.2, -0.15) is 0 Å². The third kappa shape index (κ3) is 3.37. The maximum absolute atomic E-state index is 13.9. The van der Waals surface area contributed by atoms with Crippen molar-refractivity contribution in [2.75, 3.05) is 12.4 Å². The number of ether oxygens (including phenoxy) is 1. The van der Waals surface area contributed by atoms with Crippen molar-refractivity contribution in [1.82, 2.24) is 0 Å². The molecule has 0 unspecified atom stereocenters. The standard InChI is InChI=1S/C22H19BrCl2FNO2/c1-29-20(28)22(27-14-4-2-3-13(24)11-14)9-7-21(8-10-22)16-5-6-17(26)19(25)15(16)12-18(21)23/h2-6,11-12,27H,7-10H2,1H3. The quantitative estimate of drug-likeness (QED) is 0.477. The summed E-state index contributed by atoms with van der Waals surface area (Å²) >= 11 is 16.0. The van der Waals surface area contributed by atoms with Crippen LogP contribution in [-0.2, 0) is 14.9 Å². The molecule has 0 heterocycles. The van der Waals surface area contributed by atoms with Gasteiger partial charge in [-0.3, -0.25) is 0 Å². The van der Waals surface area contributed by atoms with Gasteiger partial charge in [-0.15, -0.1) is 0 Å². The van der Waals surface area contributed by atoms with Crippen LogP contribution in [0.3, 0.4) is 0 Å². The first-order chi connectivity index (χ1) is 13.8. The minimum atomic E-state index is -0.857. The average molecular weight is 499 g/mol. The molecule has 7 heteroatoms. The zero-order valence-electron chi connectivity index (χ0n) is 15.7. The van der Waals surface area contributed by atoms with Gasteiger partial charge in [0.25, 0.3) is 0 Å². The van der Waals surface area contributed by atoms with Crippen molar-refractivity contribution < 1.29 is 13.9 Å². The molecular formula is C22H19BrCl2FNO2. The highest BCUT2D eigenvalue weighted by atomic mass is 79.9. The second kappa shape index (κ2) is 7.60. The molecule has 0 saturated heterocycles. The number of methoxy groups -OCH3 is 1. The molecule has 0 aromatic heterocycles. The Balaban J connectivity index is 1.67. The molecule has 1 fully saturated rings. The molecule has 2 aliphatic carbocycles. The fraction of sp³-hybridized carbons (Fsp3) is 0.318. The van der Waals surface area contributed by atoms with E-state index in [0.717, 1.165) is 15.7 Å². The Hall–Kier alpha value is -1.56. The number of halogens is 4. The molecule has 1 N–H and O–H groups in total. The molecule has 2 aromatic carbocycles. The fourth-order valence-corrected chi connectivity index (χ4v) is 5.80. The van der Waals surface area contributed by atoms with Crippen molar-refractivity contribution in [3.8, 4) is 0 Å². The van der Waals surface area contributed by atoms with Crippen molar-refractivity contribution in [2.24, 2.45) is 0 Å². The molecule has 2 aliphatic rings. The predicted molar refractivity (Wildman–Crippen MR) is 118 cm³/mol. The molecule has 1 spiro atoms. The summed E-state index contributed by atoms with van der Waals surface area (Å²) in [6, 6.07) is 10.5. The highest BCUT2D eigenvalue weighted by molar-refractivity contribution is 9.11. The van der Waals surface area contributed by atoms with Gasteiger partial charge in [0, 0.05) is 26.2 Å². The monoisotopic (exact) mass is 497 g/mol. The second-order valence-corrected chi connectivity index (χ2v) is 9.27. The number of fused-ring (bicyclic) bond motifs is 2. The van der Waals surface area contributed by atoms with Gasteiger partial charge < -0.3 is 10.1 Å². The Labute approximate surface area is 187 Å². The second-order valence-electron chi connectivity index (χ2n) is 7.61. The SMILES string of the molecule is COC(=O)C1(Nc2cccc(Cl)c2)CCC2(CC1)C(Br)=Cc1c2ccc(F)c1Cl. The van der Waals surface area contributed by atoms with E-state index in [1.54, 1.807) is 18.2 Å². The van der Waals surface area contributed by atoms with E-state index in [1.165, 1.54) is 13.2 Å². The molecular weight excluding hydrogens is 480 g/mol. The summed E-state index contributed by atoms with van der Waals surface area (Å²) < 4.78 is 20.1. The number of benzene rings is 2. The summed E-state index contributed by atoms with van der Waals surface area (Å²) in [5.74, 6) is -0.732. The lowest BCUT2D eigenvalue weighted by molar-refractivity contribution is -0.147. The Morgan fingerprint density at radius 1 is 1.17 bits per heavy atom. The van der Waals surface area contributed by atoms with Gasteiger partial charge in [0.2, 0.25) is 0 Å². The van der Waals surface area contributed by atoms with Gasteiger partial charge in [-0.1, -0.05) is 51.3 Å². The topological polar surface area (TPSA) is 38.3 Å². The molecule has 0 bridgehead atoms. The number of allylic oxidation sites excluding steroid dienone is 1. The van der Waals surface area contributed by atoms with E-state index >= 15 is 0 Å². The van der Waals surface area contributed by atoms with Crippen LogP contribution >= 0.6 is 39.1 Å². The molecule has 29 heavy (non-hydrogen) atoms. The van der Waals surface area contributed by atoms with E-state index in [-0.39, 0.29) is 16.4 Å². The van der Waals surface area contributed by atoms with Crippen LogP contribution in [0.5, 0.6) is 0 Å². The first-order valence-electron chi connectivity index (χ1n) is 9.30. The number of hydrogen-bond donors (Lipinski definition) is 1. The van der Waals surface area contributed by atoms with Crippen LogP contribution in [0.2, 0.25) is 10.0 Å². The minimum Gasteiger partial charge on any atom is -0.467 e. The van der Waals surface area contributed by atoms with Crippen molar-refractivity contribution >= 4 is 56.9 Å². The number of hydrogen-bond acceptors (Lipinski definition) is 3. The number of rotatable bonds is 3. The summed E-state index contributed by atoms with van der Waals surface area (Å²) in [7, 11) is 1.40. The Kier molecular flexibility index (Phi) is 5.43. The molecule has 2 aromatic rings. The zero-order chi connectivity index (χ0) is 20.8. The van der Waals surface area contributed by atoms with Crippen LogP contribution < -0.4 is 5.32 Å². The van der Waals surface area contributed by atoms with Crippen molar-refractivity contribution in [3.05, 3.63) is 67.9 Å². The summed E-state index contributed by atoms with van der Waals surface area (Å²) in [6.45, 7) is 0. The highest BCUT2D eigenvalue weighted by Crippen LogP contribution is 2.56. The van der Waals surface area contributed by atoms with Crippen LogP contribution in [0.1, 0.15) is 36.8 Å². The van der Waals surface area contributed by atoms with Crippen LogP contribution in [0.4, 0.5) is 10.1 Å².